The summed E-state index contributed by atoms with van der Waals surface area (Å²) in [7, 11) is 0. The number of halogens is 1. The van der Waals surface area contributed by atoms with Crippen molar-refractivity contribution in [2.45, 2.75) is 19.9 Å². The molecule has 88 valence electrons. The molecule has 17 heavy (non-hydrogen) atoms. The lowest BCUT2D eigenvalue weighted by Crippen LogP contribution is -2.07. The van der Waals surface area contributed by atoms with Gasteiger partial charge in [0.25, 0.3) is 0 Å². The summed E-state index contributed by atoms with van der Waals surface area (Å²) >= 11 is 0. The molecule has 1 N–H and O–H groups in total. The number of rotatable bonds is 3. The largest absolute Gasteiger partial charge is 0.378 e. The Morgan fingerprint density at radius 1 is 1.18 bits per heavy atom. The maximum atomic E-state index is 13.0. The molecule has 1 heterocycles. The Hall–Kier alpha value is -1.90. The van der Waals surface area contributed by atoms with Gasteiger partial charge in [0.05, 0.1) is 12.2 Å². The van der Waals surface area contributed by atoms with Gasteiger partial charge >= 0.3 is 0 Å². The third-order valence-corrected chi connectivity index (χ3v) is 2.66. The molecular weight excluding hydrogens is 215 g/mol. The number of hydrogen-bond donors (Lipinski definition) is 1. The van der Waals surface area contributed by atoms with Crippen molar-refractivity contribution in [3.05, 3.63) is 59.7 Å². The molecule has 0 aliphatic heterocycles. The van der Waals surface area contributed by atoms with Crippen LogP contribution in [0, 0.1) is 12.7 Å². The number of pyridine rings is 1. The predicted octanol–water partition coefficient (Wildman–Crippen LogP) is 3.70. The smallest absolute Gasteiger partial charge is 0.141 e. The lowest BCUT2D eigenvalue weighted by atomic mass is 10.1. The van der Waals surface area contributed by atoms with Gasteiger partial charge in [0, 0.05) is 11.9 Å². The molecule has 0 bridgehead atoms. The molecule has 1 aromatic carbocycles. The number of benzene rings is 1. The highest BCUT2D eigenvalue weighted by atomic mass is 19.1. The summed E-state index contributed by atoms with van der Waals surface area (Å²) in [6, 6.07) is 9.63. The van der Waals surface area contributed by atoms with Crippen LogP contribution in [0.25, 0.3) is 0 Å². The second-order valence-electron chi connectivity index (χ2n) is 4.17. The van der Waals surface area contributed by atoms with Gasteiger partial charge in [-0.15, -0.1) is 0 Å². The van der Waals surface area contributed by atoms with Crippen molar-refractivity contribution in [1.82, 2.24) is 4.98 Å². The lowest BCUT2D eigenvalue weighted by Gasteiger charge is -2.15. The average Bonchev–Trinajstić information content (AvgIpc) is 2.32. The molecule has 0 amide bonds. The van der Waals surface area contributed by atoms with Crippen molar-refractivity contribution in [2.24, 2.45) is 0 Å². The highest BCUT2D eigenvalue weighted by Gasteiger charge is 2.06. The van der Waals surface area contributed by atoms with Crippen LogP contribution in [0.5, 0.6) is 0 Å². The van der Waals surface area contributed by atoms with Crippen LogP contribution >= 0.6 is 0 Å². The molecule has 0 saturated carbocycles. The Kier molecular flexibility index (Phi) is 3.38. The van der Waals surface area contributed by atoms with Gasteiger partial charge in [-0.25, -0.2) is 4.39 Å². The summed E-state index contributed by atoms with van der Waals surface area (Å²) < 4.78 is 13.0. The SMILES string of the molecule is Cc1ccc(NC(C)c2cncc(F)c2)cc1. The first-order valence-electron chi connectivity index (χ1n) is 5.59. The molecule has 0 spiro atoms. The lowest BCUT2D eigenvalue weighted by molar-refractivity contribution is 0.616. The third kappa shape index (κ3) is 3.03. The van der Waals surface area contributed by atoms with Crippen molar-refractivity contribution in [3.8, 4) is 0 Å². The summed E-state index contributed by atoms with van der Waals surface area (Å²) in [6.45, 7) is 4.03. The van der Waals surface area contributed by atoms with Crippen molar-refractivity contribution in [3.63, 3.8) is 0 Å². The van der Waals surface area contributed by atoms with E-state index in [0.717, 1.165) is 11.3 Å². The maximum Gasteiger partial charge on any atom is 0.141 e. The Morgan fingerprint density at radius 3 is 2.53 bits per heavy atom. The zero-order valence-corrected chi connectivity index (χ0v) is 9.94. The molecule has 1 unspecified atom stereocenters. The minimum atomic E-state index is -0.306. The van der Waals surface area contributed by atoms with Gasteiger partial charge in [-0.2, -0.15) is 0 Å². The van der Waals surface area contributed by atoms with Crippen molar-refractivity contribution < 1.29 is 4.39 Å². The molecule has 0 aliphatic rings. The summed E-state index contributed by atoms with van der Waals surface area (Å²) in [5.41, 5.74) is 3.08. The van der Waals surface area contributed by atoms with Crippen LogP contribution in [0.2, 0.25) is 0 Å². The van der Waals surface area contributed by atoms with E-state index in [2.05, 4.69) is 10.3 Å². The van der Waals surface area contributed by atoms with Crippen LogP contribution in [0.4, 0.5) is 10.1 Å². The van der Waals surface area contributed by atoms with Crippen molar-refractivity contribution in [1.29, 1.82) is 0 Å². The fraction of sp³-hybridized carbons (Fsp3) is 0.214. The normalized spacial score (nSPS) is 12.2. The minimum Gasteiger partial charge on any atom is -0.378 e. The van der Waals surface area contributed by atoms with E-state index in [9.17, 15) is 4.39 Å². The van der Waals surface area contributed by atoms with Crippen LogP contribution in [-0.4, -0.2) is 4.98 Å². The van der Waals surface area contributed by atoms with Gasteiger partial charge in [-0.05, 0) is 37.6 Å². The van der Waals surface area contributed by atoms with Crippen molar-refractivity contribution in [2.75, 3.05) is 5.32 Å². The first-order valence-corrected chi connectivity index (χ1v) is 5.59. The topological polar surface area (TPSA) is 24.9 Å². The molecule has 0 aliphatic carbocycles. The number of nitrogens with one attached hydrogen (secondary N) is 1. The minimum absolute atomic E-state index is 0.0286. The average molecular weight is 230 g/mol. The fourth-order valence-corrected chi connectivity index (χ4v) is 1.65. The van der Waals surface area contributed by atoms with Crippen LogP contribution in [0.15, 0.2) is 42.7 Å². The third-order valence-electron chi connectivity index (χ3n) is 2.66. The monoisotopic (exact) mass is 230 g/mol. The molecule has 2 nitrogen and oxygen atoms in total. The Balaban J connectivity index is 2.11. The quantitative estimate of drug-likeness (QED) is 0.869. The number of aryl methyl sites for hydroxylation is 1. The number of nitrogens with zero attached hydrogens (tertiary/aromatic N) is 1. The molecule has 3 heteroatoms. The van der Waals surface area contributed by atoms with Crippen LogP contribution in [-0.2, 0) is 0 Å². The van der Waals surface area contributed by atoms with Gasteiger partial charge in [0.2, 0.25) is 0 Å². The van der Waals surface area contributed by atoms with E-state index in [1.165, 1.54) is 17.8 Å². The molecule has 0 radical (unpaired) electrons. The molecule has 1 aromatic heterocycles. The van der Waals surface area contributed by atoms with Crippen LogP contribution in [0.3, 0.4) is 0 Å². The summed E-state index contributed by atoms with van der Waals surface area (Å²) in [6.07, 6.45) is 2.89. The first-order chi connectivity index (χ1) is 8.15. The highest BCUT2D eigenvalue weighted by molar-refractivity contribution is 5.46. The second kappa shape index (κ2) is 4.95. The van der Waals surface area contributed by atoms with E-state index < -0.39 is 0 Å². The first kappa shape index (κ1) is 11.6. The molecule has 0 saturated heterocycles. The van der Waals surface area contributed by atoms with Gasteiger partial charge in [0.1, 0.15) is 5.82 Å². The zero-order valence-electron chi connectivity index (χ0n) is 9.94. The van der Waals surface area contributed by atoms with Crippen molar-refractivity contribution >= 4 is 5.69 Å². The molecule has 2 aromatic rings. The summed E-state index contributed by atoms with van der Waals surface area (Å²) in [5, 5.41) is 3.31. The zero-order chi connectivity index (χ0) is 12.3. The van der Waals surface area contributed by atoms with E-state index in [-0.39, 0.29) is 11.9 Å². The second-order valence-corrected chi connectivity index (χ2v) is 4.17. The Labute approximate surface area is 101 Å². The predicted molar refractivity (Wildman–Crippen MR) is 67.4 cm³/mol. The number of anilines is 1. The van der Waals surface area contributed by atoms with Gasteiger partial charge in [-0.3, -0.25) is 4.98 Å². The molecule has 2 rings (SSSR count). The Morgan fingerprint density at radius 2 is 1.88 bits per heavy atom. The Bertz CT molecular complexity index is 494. The van der Waals surface area contributed by atoms with Crippen LogP contribution < -0.4 is 5.32 Å². The van der Waals surface area contributed by atoms with E-state index in [4.69, 9.17) is 0 Å². The maximum absolute atomic E-state index is 13.0. The van der Waals surface area contributed by atoms with Gasteiger partial charge < -0.3 is 5.32 Å². The summed E-state index contributed by atoms with van der Waals surface area (Å²) in [5.74, 6) is -0.306. The van der Waals surface area contributed by atoms with E-state index in [1.807, 2.05) is 38.1 Å². The van der Waals surface area contributed by atoms with Gasteiger partial charge in [-0.1, -0.05) is 17.7 Å². The fourth-order valence-electron chi connectivity index (χ4n) is 1.65. The molecule has 0 fully saturated rings. The van der Waals surface area contributed by atoms with E-state index in [1.54, 1.807) is 6.20 Å². The molecule has 1 atom stereocenters. The van der Waals surface area contributed by atoms with E-state index >= 15 is 0 Å². The number of hydrogen-bond acceptors (Lipinski definition) is 2. The van der Waals surface area contributed by atoms with E-state index in [0.29, 0.717) is 0 Å². The molecular formula is C14H15FN2. The standard InChI is InChI=1S/C14H15FN2/c1-10-3-5-14(6-4-10)17-11(2)12-7-13(15)9-16-8-12/h3-9,11,17H,1-2H3. The highest BCUT2D eigenvalue weighted by Crippen LogP contribution is 2.19. The van der Waals surface area contributed by atoms with Crippen LogP contribution in [0.1, 0.15) is 24.1 Å². The summed E-state index contributed by atoms with van der Waals surface area (Å²) in [4.78, 5) is 3.85. The number of aromatic nitrogens is 1. The van der Waals surface area contributed by atoms with Gasteiger partial charge in [0.15, 0.2) is 0 Å².